The van der Waals surface area contributed by atoms with Crippen molar-refractivity contribution in [3.8, 4) is 5.88 Å². The van der Waals surface area contributed by atoms with Crippen LogP contribution in [0.1, 0.15) is 44.1 Å². The number of benzene rings is 2. The molecule has 1 aromatic heterocycles. The number of aromatic nitrogens is 1. The Bertz CT molecular complexity index is 2480. The van der Waals surface area contributed by atoms with Crippen LogP contribution in [-0.4, -0.2) is 104 Å². The molecule has 4 bridgehead atoms. The number of pyridine rings is 1. The quantitative estimate of drug-likeness (QED) is 0.122. The highest BCUT2D eigenvalue weighted by atomic mass is 32.2. The molecule has 3 fully saturated rings. The number of nitro groups is 1. The van der Waals surface area contributed by atoms with Gasteiger partial charge >= 0.3 is 6.09 Å². The fourth-order valence-electron chi connectivity index (χ4n) is 7.18. The lowest BCUT2D eigenvalue weighted by Gasteiger charge is -2.29. The summed E-state index contributed by atoms with van der Waals surface area (Å²) in [6, 6.07) is 8.84. The summed E-state index contributed by atoms with van der Waals surface area (Å²) in [7, 11) is -8.68. The number of carbonyl (C=O) groups is 4. The monoisotopic (exact) mass is 851 g/mol. The Morgan fingerprint density at radius 3 is 2.63 bits per heavy atom. The topological polar surface area (TPSA) is 262 Å². The van der Waals surface area contributed by atoms with Crippen LogP contribution in [0.25, 0.3) is 16.8 Å². The first-order chi connectivity index (χ1) is 28.1. The van der Waals surface area contributed by atoms with E-state index in [1.807, 2.05) is 30.4 Å². The lowest BCUT2D eigenvalue weighted by molar-refractivity contribution is -0.387. The van der Waals surface area contributed by atoms with Crippen LogP contribution < -0.4 is 24.8 Å². The number of rotatable bonds is 11. The Morgan fingerprint density at radius 2 is 1.90 bits per heavy atom. The molecule has 0 unspecified atom stereocenters. The Kier molecular flexibility index (Phi) is 11.4. The zero-order valence-corrected chi connectivity index (χ0v) is 33.1. The second-order valence-corrected chi connectivity index (χ2v) is 18.4. The number of nitrogens with zero attached hydrogens (tertiary/aromatic N) is 3. The van der Waals surface area contributed by atoms with Crippen molar-refractivity contribution in [3.05, 3.63) is 89.1 Å². The second-order valence-electron chi connectivity index (χ2n) is 14.7. The Balaban J connectivity index is 1.22. The van der Waals surface area contributed by atoms with Crippen LogP contribution in [0.4, 0.5) is 10.5 Å². The van der Waals surface area contributed by atoms with Crippen molar-refractivity contribution in [1.82, 2.24) is 30.0 Å². The number of para-hydroxylation sites is 1. The average Bonchev–Trinajstić information content (AvgIpc) is 4.14. The van der Waals surface area contributed by atoms with Crippen molar-refractivity contribution in [2.75, 3.05) is 19.7 Å². The van der Waals surface area contributed by atoms with E-state index in [2.05, 4.69) is 31.6 Å². The summed E-state index contributed by atoms with van der Waals surface area (Å²) in [5.41, 5.74) is -1.61. The molecule has 2 aromatic carbocycles. The molecule has 2 aliphatic carbocycles. The van der Waals surface area contributed by atoms with Gasteiger partial charge in [0.15, 0.2) is 4.90 Å². The first kappa shape index (κ1) is 41.2. The SMILES string of the molecule is C=C[C@@H]1C[C@]1(NC(=O)[C@@H]1C[C@@H]2CN1C(=O)[C@H](CNS(=O)(=O)c1ccccc1[N+](=O)[O-])NC(=O)OCCC/C=C/c1ccc3ccnc(c3c1)O2)C(=O)NS(=O)(=O)C1CC1. The summed E-state index contributed by atoms with van der Waals surface area (Å²) >= 11 is 0. The molecule has 0 spiro atoms. The molecule has 312 valence electrons. The van der Waals surface area contributed by atoms with E-state index in [4.69, 9.17) is 9.47 Å². The first-order valence-corrected chi connectivity index (χ1v) is 21.8. The van der Waals surface area contributed by atoms with E-state index in [0.29, 0.717) is 31.1 Å². The summed E-state index contributed by atoms with van der Waals surface area (Å²) < 4.78 is 68.3. The summed E-state index contributed by atoms with van der Waals surface area (Å²) in [4.78, 5) is 71.2. The molecule has 4 amide bonds. The third kappa shape index (κ3) is 8.91. The van der Waals surface area contributed by atoms with Crippen LogP contribution in [-0.2, 0) is 39.2 Å². The van der Waals surface area contributed by atoms with Crippen LogP contribution in [0, 0.1) is 16.0 Å². The number of ether oxygens (including phenoxy) is 2. The van der Waals surface area contributed by atoms with Crippen LogP contribution >= 0.6 is 0 Å². The van der Waals surface area contributed by atoms with Gasteiger partial charge in [-0.05, 0) is 61.3 Å². The minimum atomic E-state index is -4.67. The van der Waals surface area contributed by atoms with Crippen LogP contribution in [0.2, 0.25) is 0 Å². The zero-order chi connectivity index (χ0) is 42.1. The highest BCUT2D eigenvalue weighted by molar-refractivity contribution is 7.91. The number of cyclic esters (lactones) is 1. The van der Waals surface area contributed by atoms with Crippen molar-refractivity contribution in [2.45, 2.75) is 72.4 Å². The number of hydrogen-bond acceptors (Lipinski definition) is 13. The highest BCUT2D eigenvalue weighted by Gasteiger charge is 2.62. The average molecular weight is 852 g/mol. The van der Waals surface area contributed by atoms with Gasteiger partial charge in [0.25, 0.3) is 11.6 Å². The molecule has 2 saturated carbocycles. The van der Waals surface area contributed by atoms with Crippen molar-refractivity contribution >= 4 is 66.4 Å². The van der Waals surface area contributed by atoms with E-state index in [1.54, 1.807) is 6.07 Å². The van der Waals surface area contributed by atoms with Crippen LogP contribution in [0.3, 0.4) is 0 Å². The summed E-state index contributed by atoms with van der Waals surface area (Å²) in [6.45, 7) is 2.51. The molecular formula is C38H41N7O12S2. The van der Waals surface area contributed by atoms with Crippen LogP contribution in [0.5, 0.6) is 5.88 Å². The third-order valence-electron chi connectivity index (χ3n) is 10.6. The predicted octanol–water partition coefficient (Wildman–Crippen LogP) is 2.04. The van der Waals surface area contributed by atoms with E-state index < -0.39 is 101 Å². The van der Waals surface area contributed by atoms with Gasteiger partial charge in [-0.3, -0.25) is 29.2 Å². The van der Waals surface area contributed by atoms with Crippen molar-refractivity contribution in [3.63, 3.8) is 0 Å². The summed E-state index contributed by atoms with van der Waals surface area (Å²) in [5.74, 6) is -3.24. The van der Waals surface area contributed by atoms with Crippen LogP contribution in [0.15, 0.2) is 78.4 Å². The molecule has 19 nitrogen and oxygen atoms in total. The maximum absolute atomic E-state index is 14.6. The molecule has 1 saturated heterocycles. The minimum Gasteiger partial charge on any atom is -0.472 e. The molecule has 7 rings (SSSR count). The van der Waals surface area contributed by atoms with Gasteiger partial charge in [-0.1, -0.05) is 42.5 Å². The molecule has 0 radical (unpaired) electrons. The first-order valence-electron chi connectivity index (χ1n) is 18.8. The fourth-order valence-corrected chi connectivity index (χ4v) is 9.77. The third-order valence-corrected chi connectivity index (χ3v) is 13.9. The number of fused-ring (bicyclic) bond motifs is 3. The molecule has 59 heavy (non-hydrogen) atoms. The normalized spacial score (nSPS) is 25.4. The van der Waals surface area contributed by atoms with Gasteiger partial charge < -0.3 is 25.0 Å². The Morgan fingerprint density at radius 1 is 1.12 bits per heavy atom. The molecule has 3 aromatic rings. The van der Waals surface area contributed by atoms with Gasteiger partial charge in [0.05, 0.1) is 23.3 Å². The standard InChI is InChI=1S/C38H41N7O12S2/c1-2-25-20-38(25,36(48)43-58(52,53)27-13-14-27)42-33(46)31-19-26-22-44(31)35(47)29(21-40-59(54,55)32-10-6-5-9-30(32)45(50)51)41-37(49)56-17-7-3-4-8-23-11-12-24-15-16-39-34(57-26)28(24)18-23/h2,4-6,8-12,15-16,18,25-27,29,31,40H,1,3,7,13-14,17,19-22H2,(H,41,49)(H,42,46)(H,43,48)/b8-4+/t25-,26-,29+,31+,38-/m1/s1. The molecule has 4 N–H and O–H groups in total. The van der Waals surface area contributed by atoms with E-state index >= 15 is 0 Å². The van der Waals surface area contributed by atoms with Gasteiger partial charge in [0.2, 0.25) is 37.7 Å². The molecule has 21 heteroatoms. The van der Waals surface area contributed by atoms with Gasteiger partial charge in [-0.15, -0.1) is 6.58 Å². The summed E-state index contributed by atoms with van der Waals surface area (Å²) in [5, 5.41) is 17.4. The lowest BCUT2D eigenvalue weighted by atomic mass is 10.1. The van der Waals surface area contributed by atoms with Gasteiger partial charge in [-0.25, -0.2) is 31.3 Å². The number of allylic oxidation sites excluding steroid dienone is 1. The lowest BCUT2D eigenvalue weighted by Crippen LogP contribution is -2.59. The largest absolute Gasteiger partial charge is 0.472 e. The van der Waals surface area contributed by atoms with Crippen molar-refractivity contribution in [1.29, 1.82) is 0 Å². The Labute approximate surface area is 338 Å². The van der Waals surface area contributed by atoms with E-state index in [-0.39, 0.29) is 31.9 Å². The summed E-state index contributed by atoms with van der Waals surface area (Å²) in [6.07, 6.45) is 6.22. The van der Waals surface area contributed by atoms with Gasteiger partial charge in [0, 0.05) is 36.5 Å². The molecule has 2 aliphatic heterocycles. The Hall–Kier alpha value is -5.93. The highest BCUT2D eigenvalue weighted by Crippen LogP contribution is 2.45. The number of hydrogen-bond donors (Lipinski definition) is 4. The maximum atomic E-state index is 14.6. The number of sulfonamides is 2. The molecule has 5 atom stereocenters. The zero-order valence-electron chi connectivity index (χ0n) is 31.4. The fraction of sp³-hybridized carbons (Fsp3) is 0.395. The molecule has 3 heterocycles. The number of nitrogens with one attached hydrogen (secondary N) is 4. The second kappa shape index (κ2) is 16.4. The van der Waals surface area contributed by atoms with Gasteiger partial charge in [-0.2, -0.15) is 0 Å². The maximum Gasteiger partial charge on any atom is 0.407 e. The number of nitro benzene ring substituents is 1. The van der Waals surface area contributed by atoms with E-state index in [1.165, 1.54) is 24.4 Å². The molecule has 4 aliphatic rings. The number of amides is 4. The number of alkyl carbamates (subject to hydrolysis) is 1. The smallest absolute Gasteiger partial charge is 0.407 e. The van der Waals surface area contributed by atoms with E-state index in [9.17, 15) is 46.1 Å². The van der Waals surface area contributed by atoms with Gasteiger partial charge in [0.1, 0.15) is 23.7 Å². The van der Waals surface area contributed by atoms with E-state index in [0.717, 1.165) is 28.0 Å². The minimum absolute atomic E-state index is 0.0228. The molecular weight excluding hydrogens is 811 g/mol. The predicted molar refractivity (Wildman–Crippen MR) is 210 cm³/mol. The number of carbonyl (C=O) groups excluding carboxylic acids is 4. The van der Waals surface area contributed by atoms with Crippen molar-refractivity contribution < 1.29 is 50.4 Å². The van der Waals surface area contributed by atoms with Crippen molar-refractivity contribution in [2.24, 2.45) is 5.92 Å².